The van der Waals surface area contributed by atoms with Crippen molar-refractivity contribution in [3.63, 3.8) is 0 Å². The number of esters is 1. The fourth-order valence-corrected chi connectivity index (χ4v) is 1.17. The number of ether oxygens (including phenoxy) is 1. The van der Waals surface area contributed by atoms with Crippen LogP contribution < -0.4 is 5.32 Å². The van der Waals surface area contributed by atoms with Gasteiger partial charge in [0.05, 0.1) is 7.11 Å². The molecular weight excluding hydrogens is 192 g/mol. The Morgan fingerprint density at radius 2 is 2.00 bits per heavy atom. The van der Waals surface area contributed by atoms with Crippen molar-refractivity contribution in [2.75, 3.05) is 27.2 Å². The number of carbonyl (C=O) groups excluding carboxylic acids is 1. The van der Waals surface area contributed by atoms with Crippen molar-refractivity contribution in [1.29, 1.82) is 0 Å². The van der Waals surface area contributed by atoms with E-state index in [1.807, 2.05) is 6.92 Å². The van der Waals surface area contributed by atoms with Gasteiger partial charge in [-0.3, -0.25) is 4.79 Å². The Hall–Kier alpha value is -0.610. The Morgan fingerprint density at radius 1 is 1.40 bits per heavy atom. The maximum atomic E-state index is 11.1. The number of carbonyl (C=O) groups is 1. The van der Waals surface area contributed by atoms with Crippen LogP contribution in [0.15, 0.2) is 0 Å². The molecule has 1 atom stereocenters. The molecule has 0 rings (SSSR count). The quantitative estimate of drug-likeness (QED) is 0.506. The molecule has 1 unspecified atom stereocenters. The summed E-state index contributed by atoms with van der Waals surface area (Å²) in [5.41, 5.74) is 0. The predicted molar refractivity (Wildman–Crippen MR) is 61.9 cm³/mol. The summed E-state index contributed by atoms with van der Waals surface area (Å²) in [7, 11) is 3.52. The van der Waals surface area contributed by atoms with Crippen molar-refractivity contribution < 1.29 is 9.53 Å². The van der Waals surface area contributed by atoms with Gasteiger partial charge in [-0.2, -0.15) is 0 Å². The molecule has 0 bridgehead atoms. The highest BCUT2D eigenvalue weighted by Crippen LogP contribution is 1.94. The minimum Gasteiger partial charge on any atom is -0.468 e. The SMILES string of the molecule is COC(=O)C(C)NCCCN(C)C(C)C. The summed E-state index contributed by atoms with van der Waals surface area (Å²) in [5, 5.41) is 3.13. The van der Waals surface area contributed by atoms with Gasteiger partial charge in [0.1, 0.15) is 6.04 Å². The molecule has 0 aliphatic rings. The van der Waals surface area contributed by atoms with Crippen LogP contribution in [0.1, 0.15) is 27.2 Å². The van der Waals surface area contributed by atoms with Crippen molar-refractivity contribution in [2.24, 2.45) is 0 Å². The first-order valence-electron chi connectivity index (χ1n) is 5.50. The van der Waals surface area contributed by atoms with Gasteiger partial charge >= 0.3 is 5.97 Å². The van der Waals surface area contributed by atoms with Gasteiger partial charge < -0.3 is 15.0 Å². The number of rotatable bonds is 7. The molecule has 90 valence electrons. The van der Waals surface area contributed by atoms with Gasteiger partial charge in [-0.1, -0.05) is 0 Å². The van der Waals surface area contributed by atoms with Crippen LogP contribution in [-0.4, -0.2) is 50.2 Å². The van der Waals surface area contributed by atoms with Gasteiger partial charge in [0, 0.05) is 6.04 Å². The van der Waals surface area contributed by atoms with E-state index >= 15 is 0 Å². The largest absolute Gasteiger partial charge is 0.468 e. The summed E-state index contributed by atoms with van der Waals surface area (Å²) in [4.78, 5) is 13.3. The van der Waals surface area contributed by atoms with Crippen molar-refractivity contribution in [3.05, 3.63) is 0 Å². The zero-order chi connectivity index (χ0) is 11.8. The smallest absolute Gasteiger partial charge is 0.322 e. The molecular formula is C11H24N2O2. The van der Waals surface area contributed by atoms with E-state index < -0.39 is 0 Å². The van der Waals surface area contributed by atoms with E-state index in [0.29, 0.717) is 6.04 Å². The zero-order valence-electron chi connectivity index (χ0n) is 10.5. The molecule has 4 heteroatoms. The molecule has 0 fully saturated rings. The lowest BCUT2D eigenvalue weighted by atomic mass is 10.3. The molecule has 4 nitrogen and oxygen atoms in total. The van der Waals surface area contributed by atoms with E-state index in [1.165, 1.54) is 7.11 Å². The van der Waals surface area contributed by atoms with Crippen LogP contribution in [0.4, 0.5) is 0 Å². The Morgan fingerprint density at radius 3 is 2.47 bits per heavy atom. The molecule has 0 aromatic heterocycles. The number of methoxy groups -OCH3 is 1. The Kier molecular flexibility index (Phi) is 7.34. The predicted octanol–water partition coefficient (Wildman–Crippen LogP) is 0.868. The van der Waals surface area contributed by atoms with Gasteiger partial charge in [-0.15, -0.1) is 0 Å². The molecule has 0 heterocycles. The highest BCUT2D eigenvalue weighted by atomic mass is 16.5. The average Bonchev–Trinajstić information content (AvgIpc) is 2.22. The first kappa shape index (κ1) is 14.4. The van der Waals surface area contributed by atoms with Crippen LogP contribution in [0, 0.1) is 0 Å². The average molecular weight is 216 g/mol. The van der Waals surface area contributed by atoms with Gasteiger partial charge in [0.2, 0.25) is 0 Å². The van der Waals surface area contributed by atoms with E-state index in [1.54, 1.807) is 0 Å². The van der Waals surface area contributed by atoms with E-state index in [2.05, 4.69) is 35.8 Å². The van der Waals surface area contributed by atoms with Crippen LogP contribution in [0.25, 0.3) is 0 Å². The first-order valence-corrected chi connectivity index (χ1v) is 5.50. The standard InChI is InChI=1S/C11H24N2O2/c1-9(2)13(4)8-6-7-12-10(3)11(14)15-5/h9-10,12H,6-8H2,1-5H3. The second-order valence-corrected chi connectivity index (χ2v) is 4.13. The first-order chi connectivity index (χ1) is 6.99. The van der Waals surface area contributed by atoms with Gasteiger partial charge in [-0.05, 0) is 47.3 Å². The highest BCUT2D eigenvalue weighted by Gasteiger charge is 2.11. The van der Waals surface area contributed by atoms with E-state index in [0.717, 1.165) is 19.5 Å². The van der Waals surface area contributed by atoms with Crippen molar-refractivity contribution in [1.82, 2.24) is 10.2 Å². The topological polar surface area (TPSA) is 41.6 Å². The summed E-state index contributed by atoms with van der Waals surface area (Å²) < 4.78 is 4.62. The van der Waals surface area contributed by atoms with E-state index in [4.69, 9.17) is 0 Å². The summed E-state index contributed by atoms with van der Waals surface area (Å²) in [6.45, 7) is 8.04. The molecule has 0 saturated carbocycles. The third-order valence-corrected chi connectivity index (χ3v) is 2.57. The molecule has 1 N–H and O–H groups in total. The highest BCUT2D eigenvalue weighted by molar-refractivity contribution is 5.74. The Balaban J connectivity index is 3.50. The molecule has 0 spiro atoms. The Bertz CT molecular complexity index is 183. The number of hydrogen-bond acceptors (Lipinski definition) is 4. The van der Waals surface area contributed by atoms with Crippen molar-refractivity contribution in [2.45, 2.75) is 39.3 Å². The van der Waals surface area contributed by atoms with Crippen LogP contribution in [0.3, 0.4) is 0 Å². The lowest BCUT2D eigenvalue weighted by molar-refractivity contribution is -0.142. The van der Waals surface area contributed by atoms with Gasteiger partial charge in [0.25, 0.3) is 0 Å². The van der Waals surface area contributed by atoms with Crippen molar-refractivity contribution in [3.8, 4) is 0 Å². The monoisotopic (exact) mass is 216 g/mol. The third-order valence-electron chi connectivity index (χ3n) is 2.57. The summed E-state index contributed by atoms with van der Waals surface area (Å²) in [6, 6.07) is 0.363. The molecule has 0 amide bonds. The molecule has 0 aliphatic carbocycles. The normalized spacial score (nSPS) is 13.3. The zero-order valence-corrected chi connectivity index (χ0v) is 10.5. The third kappa shape index (κ3) is 6.47. The summed E-state index contributed by atoms with van der Waals surface area (Å²) >= 11 is 0. The molecule has 15 heavy (non-hydrogen) atoms. The maximum absolute atomic E-state index is 11.1. The molecule has 0 radical (unpaired) electrons. The maximum Gasteiger partial charge on any atom is 0.322 e. The van der Waals surface area contributed by atoms with E-state index in [-0.39, 0.29) is 12.0 Å². The fraction of sp³-hybridized carbons (Fsp3) is 0.909. The molecule has 0 aliphatic heterocycles. The number of nitrogens with one attached hydrogen (secondary N) is 1. The second-order valence-electron chi connectivity index (χ2n) is 4.13. The van der Waals surface area contributed by atoms with E-state index in [9.17, 15) is 4.79 Å². The fourth-order valence-electron chi connectivity index (χ4n) is 1.17. The van der Waals surface area contributed by atoms with Crippen LogP contribution >= 0.6 is 0 Å². The van der Waals surface area contributed by atoms with Gasteiger partial charge in [0.15, 0.2) is 0 Å². The molecule has 0 aromatic rings. The van der Waals surface area contributed by atoms with Crippen LogP contribution in [-0.2, 0) is 9.53 Å². The second kappa shape index (κ2) is 7.65. The molecule has 0 aromatic carbocycles. The summed E-state index contributed by atoms with van der Waals surface area (Å²) in [6.07, 6.45) is 1.04. The van der Waals surface area contributed by atoms with Crippen LogP contribution in [0.5, 0.6) is 0 Å². The minimum absolute atomic E-state index is 0.202. The lowest BCUT2D eigenvalue weighted by Crippen LogP contribution is -2.37. The summed E-state index contributed by atoms with van der Waals surface area (Å²) in [5.74, 6) is -0.202. The minimum atomic E-state index is -0.209. The number of nitrogens with zero attached hydrogens (tertiary/aromatic N) is 1. The van der Waals surface area contributed by atoms with Crippen LogP contribution in [0.2, 0.25) is 0 Å². The van der Waals surface area contributed by atoms with Crippen molar-refractivity contribution >= 4 is 5.97 Å². The lowest BCUT2D eigenvalue weighted by Gasteiger charge is -2.21. The number of hydrogen-bond donors (Lipinski definition) is 1. The molecule has 0 saturated heterocycles. The Labute approximate surface area is 93.0 Å². The van der Waals surface area contributed by atoms with Gasteiger partial charge in [-0.25, -0.2) is 0 Å².